The van der Waals surface area contributed by atoms with E-state index in [1.165, 1.54) is 75.4 Å². The zero-order chi connectivity index (χ0) is 19.6. The second kappa shape index (κ2) is 11.4. The third-order valence-corrected chi connectivity index (χ3v) is 6.34. The van der Waals surface area contributed by atoms with Crippen LogP contribution in [-0.2, 0) is 6.42 Å². The molecule has 2 rings (SSSR count). The highest BCUT2D eigenvalue weighted by atomic mass is 16.5. The van der Waals surface area contributed by atoms with Gasteiger partial charge in [0.2, 0.25) is 0 Å². The van der Waals surface area contributed by atoms with Gasteiger partial charge in [-0.05, 0) is 65.2 Å². The summed E-state index contributed by atoms with van der Waals surface area (Å²) in [6.45, 7) is 5.43. The van der Waals surface area contributed by atoms with E-state index in [1.807, 2.05) is 6.92 Å². The Kier molecular flexibility index (Phi) is 9.17. The molecule has 0 aromatic carbocycles. The maximum atomic E-state index is 12.4. The van der Waals surface area contributed by atoms with Gasteiger partial charge in [0.05, 0.1) is 11.4 Å². The SMILES string of the molecule is Cc1c(C)n(O)c(C)c(CCCCCCCCCCC2C=CCCC2)c1=O. The first kappa shape index (κ1) is 21.8. The number of rotatable bonds is 11. The highest BCUT2D eigenvalue weighted by molar-refractivity contribution is 5.29. The summed E-state index contributed by atoms with van der Waals surface area (Å²) in [5.41, 5.74) is 2.93. The quantitative estimate of drug-likeness (QED) is 0.276. The summed E-state index contributed by atoms with van der Waals surface area (Å²) in [6, 6.07) is 0. The van der Waals surface area contributed by atoms with Gasteiger partial charge in [-0.25, -0.2) is 0 Å². The van der Waals surface area contributed by atoms with Gasteiger partial charge in [-0.2, -0.15) is 4.73 Å². The fourth-order valence-corrected chi connectivity index (χ4v) is 4.28. The first-order valence-corrected chi connectivity index (χ1v) is 11.1. The molecule has 1 aromatic rings. The van der Waals surface area contributed by atoms with Crippen molar-refractivity contribution in [1.82, 2.24) is 4.73 Å². The van der Waals surface area contributed by atoms with Crippen LogP contribution in [0, 0.1) is 26.7 Å². The van der Waals surface area contributed by atoms with Crippen molar-refractivity contribution in [2.45, 2.75) is 104 Å². The van der Waals surface area contributed by atoms with Crippen molar-refractivity contribution in [3.8, 4) is 0 Å². The van der Waals surface area contributed by atoms with Crippen LogP contribution in [0.2, 0.25) is 0 Å². The lowest BCUT2D eigenvalue weighted by atomic mass is 9.91. The zero-order valence-electron chi connectivity index (χ0n) is 17.7. The third-order valence-electron chi connectivity index (χ3n) is 6.34. The second-order valence-corrected chi connectivity index (χ2v) is 8.40. The van der Waals surface area contributed by atoms with Crippen LogP contribution in [0.4, 0.5) is 0 Å². The monoisotopic (exact) mass is 373 g/mol. The predicted octanol–water partition coefficient (Wildman–Crippen LogP) is 6.42. The lowest BCUT2D eigenvalue weighted by Gasteiger charge is -2.15. The zero-order valence-corrected chi connectivity index (χ0v) is 17.7. The van der Waals surface area contributed by atoms with Gasteiger partial charge in [0, 0.05) is 11.1 Å². The normalized spacial score (nSPS) is 16.8. The van der Waals surface area contributed by atoms with E-state index in [1.54, 1.807) is 13.8 Å². The molecule has 0 spiro atoms. The fourth-order valence-electron chi connectivity index (χ4n) is 4.28. The Labute approximate surface area is 165 Å². The first-order chi connectivity index (χ1) is 13.0. The lowest BCUT2D eigenvalue weighted by molar-refractivity contribution is 0.169. The van der Waals surface area contributed by atoms with E-state index in [0.717, 1.165) is 24.3 Å². The van der Waals surface area contributed by atoms with E-state index in [0.29, 0.717) is 17.0 Å². The van der Waals surface area contributed by atoms with E-state index in [2.05, 4.69) is 12.2 Å². The van der Waals surface area contributed by atoms with Gasteiger partial charge in [0.25, 0.3) is 0 Å². The van der Waals surface area contributed by atoms with Crippen molar-refractivity contribution < 1.29 is 5.21 Å². The highest BCUT2D eigenvalue weighted by Gasteiger charge is 2.13. The maximum Gasteiger partial charge on any atom is 0.188 e. The Morgan fingerprint density at radius 2 is 1.59 bits per heavy atom. The van der Waals surface area contributed by atoms with Crippen LogP contribution in [0.15, 0.2) is 16.9 Å². The van der Waals surface area contributed by atoms with Gasteiger partial charge >= 0.3 is 0 Å². The molecule has 0 saturated carbocycles. The van der Waals surface area contributed by atoms with E-state index in [-0.39, 0.29) is 5.43 Å². The molecule has 0 radical (unpaired) electrons. The number of unbranched alkanes of at least 4 members (excludes halogenated alkanes) is 7. The Morgan fingerprint density at radius 1 is 0.963 bits per heavy atom. The van der Waals surface area contributed by atoms with Crippen LogP contribution in [0.3, 0.4) is 0 Å². The summed E-state index contributed by atoms with van der Waals surface area (Å²) in [6.07, 6.45) is 21.3. The summed E-state index contributed by atoms with van der Waals surface area (Å²) in [5.74, 6) is 0.858. The number of hydrogen-bond acceptors (Lipinski definition) is 2. The van der Waals surface area contributed by atoms with E-state index < -0.39 is 0 Å². The molecule has 0 bridgehead atoms. The fraction of sp³-hybridized carbons (Fsp3) is 0.708. The van der Waals surface area contributed by atoms with E-state index >= 15 is 0 Å². The summed E-state index contributed by atoms with van der Waals surface area (Å²) >= 11 is 0. The minimum atomic E-state index is 0.114. The summed E-state index contributed by atoms with van der Waals surface area (Å²) in [5, 5.41) is 10.1. The van der Waals surface area contributed by atoms with Crippen molar-refractivity contribution in [3.05, 3.63) is 44.9 Å². The molecular weight excluding hydrogens is 334 g/mol. The van der Waals surface area contributed by atoms with Gasteiger partial charge in [0.1, 0.15) is 0 Å². The molecule has 3 nitrogen and oxygen atoms in total. The van der Waals surface area contributed by atoms with Crippen LogP contribution >= 0.6 is 0 Å². The molecule has 1 heterocycles. The van der Waals surface area contributed by atoms with Crippen LogP contribution < -0.4 is 5.43 Å². The number of allylic oxidation sites excluding steroid dienone is 2. The molecule has 1 aliphatic rings. The summed E-state index contributed by atoms with van der Waals surface area (Å²) in [7, 11) is 0. The Bertz CT molecular complexity index is 672. The Morgan fingerprint density at radius 3 is 2.22 bits per heavy atom. The Hall–Kier alpha value is -1.51. The third kappa shape index (κ3) is 6.55. The molecule has 0 amide bonds. The number of hydrogen-bond donors (Lipinski definition) is 1. The van der Waals surface area contributed by atoms with Crippen molar-refractivity contribution in [2.75, 3.05) is 0 Å². The molecule has 152 valence electrons. The van der Waals surface area contributed by atoms with Gasteiger partial charge in [-0.1, -0.05) is 57.1 Å². The van der Waals surface area contributed by atoms with Crippen molar-refractivity contribution >= 4 is 0 Å². The van der Waals surface area contributed by atoms with E-state index in [4.69, 9.17) is 0 Å². The van der Waals surface area contributed by atoms with Crippen molar-refractivity contribution in [3.63, 3.8) is 0 Å². The molecule has 1 N–H and O–H groups in total. The highest BCUT2D eigenvalue weighted by Crippen LogP contribution is 2.23. The molecule has 1 aliphatic carbocycles. The molecule has 3 heteroatoms. The second-order valence-electron chi connectivity index (χ2n) is 8.40. The molecule has 0 aliphatic heterocycles. The molecule has 0 fully saturated rings. The number of nitrogens with zero attached hydrogens (tertiary/aromatic N) is 1. The minimum absolute atomic E-state index is 0.114. The molecule has 1 unspecified atom stereocenters. The van der Waals surface area contributed by atoms with Gasteiger partial charge < -0.3 is 5.21 Å². The molecule has 0 saturated heterocycles. The molecule has 27 heavy (non-hydrogen) atoms. The lowest BCUT2D eigenvalue weighted by Crippen LogP contribution is -2.22. The van der Waals surface area contributed by atoms with Crippen molar-refractivity contribution in [1.29, 1.82) is 0 Å². The number of aromatic nitrogens is 1. The average Bonchev–Trinajstić information content (AvgIpc) is 2.69. The Balaban J connectivity index is 1.54. The molecule has 1 aromatic heterocycles. The summed E-state index contributed by atoms with van der Waals surface area (Å²) in [4.78, 5) is 12.4. The van der Waals surface area contributed by atoms with Crippen LogP contribution in [0.1, 0.15) is 99.6 Å². The largest absolute Gasteiger partial charge is 0.428 e. The number of pyridine rings is 1. The van der Waals surface area contributed by atoms with E-state index in [9.17, 15) is 10.0 Å². The standard InChI is InChI=1S/C24H39NO2/c1-19-20(2)25(27)21(3)23(24(19)26)18-14-9-7-5-4-6-8-11-15-22-16-12-10-13-17-22/h12,16,22,27H,4-11,13-15,17-18H2,1-3H3. The van der Waals surface area contributed by atoms with Gasteiger partial charge in [-0.15, -0.1) is 0 Å². The summed E-state index contributed by atoms with van der Waals surface area (Å²) < 4.78 is 1.18. The first-order valence-electron chi connectivity index (χ1n) is 11.1. The van der Waals surface area contributed by atoms with Gasteiger partial charge in [-0.3, -0.25) is 4.79 Å². The minimum Gasteiger partial charge on any atom is -0.428 e. The molecule has 1 atom stereocenters. The maximum absolute atomic E-state index is 12.4. The molecular formula is C24H39NO2. The predicted molar refractivity (Wildman–Crippen MR) is 114 cm³/mol. The van der Waals surface area contributed by atoms with Crippen LogP contribution in [-0.4, -0.2) is 9.94 Å². The van der Waals surface area contributed by atoms with Crippen LogP contribution in [0.5, 0.6) is 0 Å². The van der Waals surface area contributed by atoms with Gasteiger partial charge in [0.15, 0.2) is 5.43 Å². The average molecular weight is 374 g/mol. The van der Waals surface area contributed by atoms with Crippen LogP contribution in [0.25, 0.3) is 0 Å². The smallest absolute Gasteiger partial charge is 0.188 e. The van der Waals surface area contributed by atoms with Crippen molar-refractivity contribution in [2.24, 2.45) is 5.92 Å². The topological polar surface area (TPSA) is 42.2 Å².